The highest BCUT2D eigenvalue weighted by molar-refractivity contribution is 6.09. The highest BCUT2D eigenvalue weighted by Crippen LogP contribution is 2.22. The van der Waals surface area contributed by atoms with Crippen LogP contribution in [0, 0.1) is 11.7 Å². The maximum Gasteiger partial charge on any atom is 0.325 e. The van der Waals surface area contributed by atoms with Gasteiger partial charge in [0.25, 0.3) is 0 Å². The molecule has 0 aliphatic rings. The minimum absolute atomic E-state index is 0.0753. The molecule has 0 aliphatic heterocycles. The number of esters is 2. The summed E-state index contributed by atoms with van der Waals surface area (Å²) in [7, 11) is 1.35. The van der Waals surface area contributed by atoms with Gasteiger partial charge in [0.2, 0.25) is 0 Å². The first-order valence-electron chi connectivity index (χ1n) is 6.74. The summed E-state index contributed by atoms with van der Waals surface area (Å²) in [5.41, 5.74) is 0.233. The minimum atomic E-state index is -1.29. The summed E-state index contributed by atoms with van der Waals surface area (Å²) in [4.78, 5) is 27.4. The number of hydrogen-bond acceptors (Lipinski definition) is 6. The van der Waals surface area contributed by atoms with Crippen LogP contribution in [0.25, 0.3) is 0 Å². The van der Waals surface area contributed by atoms with Gasteiger partial charge in [-0.25, -0.2) is 4.39 Å². The number of ether oxygens (including phenoxy) is 3. The molecule has 0 N–H and O–H groups in total. The first-order valence-corrected chi connectivity index (χ1v) is 6.74. The Morgan fingerprint density at radius 2 is 1.82 bits per heavy atom. The van der Waals surface area contributed by atoms with E-state index < -0.39 is 23.7 Å². The second-order valence-corrected chi connectivity index (χ2v) is 4.08. The Bertz CT molecular complexity index is 541. The molecule has 0 fully saturated rings. The van der Waals surface area contributed by atoms with Crippen molar-refractivity contribution in [2.45, 2.75) is 13.8 Å². The van der Waals surface area contributed by atoms with Crippen LogP contribution in [0.15, 0.2) is 23.2 Å². The van der Waals surface area contributed by atoms with Crippen molar-refractivity contribution in [2.24, 2.45) is 10.9 Å². The number of halogens is 1. The average molecular weight is 311 g/mol. The fourth-order valence-corrected chi connectivity index (χ4v) is 1.58. The fraction of sp³-hybridized carbons (Fsp3) is 0.400. The predicted molar refractivity (Wildman–Crippen MR) is 77.9 cm³/mol. The van der Waals surface area contributed by atoms with Gasteiger partial charge < -0.3 is 14.2 Å². The third kappa shape index (κ3) is 4.83. The molecule has 120 valence electrons. The van der Waals surface area contributed by atoms with Crippen LogP contribution in [-0.2, 0) is 19.1 Å². The quantitative estimate of drug-likeness (QED) is 0.439. The second kappa shape index (κ2) is 8.76. The van der Waals surface area contributed by atoms with Crippen molar-refractivity contribution >= 4 is 23.8 Å². The van der Waals surface area contributed by atoms with Gasteiger partial charge in [0.1, 0.15) is 0 Å². The zero-order valence-corrected chi connectivity index (χ0v) is 12.7. The van der Waals surface area contributed by atoms with Crippen LogP contribution in [0.3, 0.4) is 0 Å². The Kier molecular flexibility index (Phi) is 7.01. The van der Waals surface area contributed by atoms with Crippen molar-refractivity contribution in [3.63, 3.8) is 0 Å². The zero-order chi connectivity index (χ0) is 16.5. The van der Waals surface area contributed by atoms with Crippen molar-refractivity contribution in [2.75, 3.05) is 20.3 Å². The molecular weight excluding hydrogens is 293 g/mol. The fourth-order valence-electron chi connectivity index (χ4n) is 1.58. The molecular formula is C15H18FNO5. The van der Waals surface area contributed by atoms with E-state index in [9.17, 15) is 14.0 Å². The largest absolute Gasteiger partial charge is 0.494 e. The van der Waals surface area contributed by atoms with Gasteiger partial charge >= 0.3 is 11.9 Å². The number of carbonyl (C=O) groups excluding carboxylic acids is 2. The molecule has 0 unspecified atom stereocenters. The van der Waals surface area contributed by atoms with E-state index in [1.54, 1.807) is 13.8 Å². The maximum absolute atomic E-state index is 13.6. The maximum atomic E-state index is 13.6. The predicted octanol–water partition coefficient (Wildman–Crippen LogP) is 2.28. The van der Waals surface area contributed by atoms with Crippen LogP contribution >= 0.6 is 0 Å². The van der Waals surface area contributed by atoms with Crippen molar-refractivity contribution < 1.29 is 28.2 Å². The monoisotopic (exact) mass is 311 g/mol. The number of nitrogens with zero attached hydrogens (tertiary/aromatic N) is 1. The lowest BCUT2D eigenvalue weighted by molar-refractivity contribution is -0.157. The van der Waals surface area contributed by atoms with E-state index in [2.05, 4.69) is 4.99 Å². The molecule has 0 radical (unpaired) electrons. The highest BCUT2D eigenvalue weighted by atomic mass is 19.1. The van der Waals surface area contributed by atoms with Crippen LogP contribution < -0.4 is 4.74 Å². The van der Waals surface area contributed by atoms with E-state index >= 15 is 0 Å². The second-order valence-electron chi connectivity index (χ2n) is 4.08. The van der Waals surface area contributed by atoms with Crippen LogP contribution in [0.5, 0.6) is 5.75 Å². The molecule has 6 nitrogen and oxygen atoms in total. The number of benzene rings is 1. The lowest BCUT2D eigenvalue weighted by atomic mass is 10.1. The third-order valence-corrected chi connectivity index (χ3v) is 2.59. The number of aliphatic imine (C=N–C) groups is 1. The molecule has 0 heterocycles. The average Bonchev–Trinajstić information content (AvgIpc) is 2.48. The zero-order valence-electron chi connectivity index (χ0n) is 12.7. The van der Waals surface area contributed by atoms with Gasteiger partial charge in [0.05, 0.1) is 26.0 Å². The molecule has 0 amide bonds. The van der Waals surface area contributed by atoms with Crippen LogP contribution in [0.4, 0.5) is 10.1 Å². The Hall–Kier alpha value is -2.44. The van der Waals surface area contributed by atoms with Gasteiger partial charge in [-0.15, -0.1) is 0 Å². The Morgan fingerprint density at radius 3 is 2.27 bits per heavy atom. The summed E-state index contributed by atoms with van der Waals surface area (Å²) in [6.07, 6.45) is 1.08. The lowest BCUT2D eigenvalue weighted by Gasteiger charge is -2.10. The van der Waals surface area contributed by atoms with Gasteiger partial charge in [0.15, 0.2) is 17.5 Å². The van der Waals surface area contributed by atoms with Gasteiger partial charge in [-0.2, -0.15) is 0 Å². The molecule has 1 rings (SSSR count). The number of carbonyl (C=O) groups is 2. The van der Waals surface area contributed by atoms with E-state index in [1.165, 1.54) is 19.2 Å². The van der Waals surface area contributed by atoms with Gasteiger partial charge in [0, 0.05) is 12.3 Å². The first-order chi connectivity index (χ1) is 10.5. The van der Waals surface area contributed by atoms with Gasteiger partial charge in [-0.05, 0) is 26.0 Å². The van der Waals surface area contributed by atoms with Crippen LogP contribution in [-0.4, -0.2) is 38.5 Å². The van der Waals surface area contributed by atoms with E-state index in [-0.39, 0.29) is 24.7 Å². The normalized spacial score (nSPS) is 10.8. The summed E-state index contributed by atoms with van der Waals surface area (Å²) in [5, 5.41) is 0. The standard InChI is InChI=1S/C15H18FNO5/c1-4-21-14(18)11(15(19)22-5-2)9-17-10-6-7-13(20-3)12(16)8-10/h6-9,11H,4-5H2,1-3H3. The summed E-state index contributed by atoms with van der Waals surface area (Å²) in [6, 6.07) is 4.01. The summed E-state index contributed by atoms with van der Waals surface area (Å²) in [6.45, 7) is 3.49. The lowest BCUT2D eigenvalue weighted by Crippen LogP contribution is -2.29. The Balaban J connectivity index is 2.94. The van der Waals surface area contributed by atoms with Crippen molar-refractivity contribution in [1.82, 2.24) is 0 Å². The molecule has 7 heteroatoms. The molecule has 22 heavy (non-hydrogen) atoms. The first kappa shape index (κ1) is 17.6. The Labute approximate surface area is 127 Å². The summed E-state index contributed by atoms with van der Waals surface area (Å²) < 4.78 is 27.9. The van der Waals surface area contributed by atoms with E-state index in [1.807, 2.05) is 0 Å². The molecule has 0 atom stereocenters. The van der Waals surface area contributed by atoms with Crippen LogP contribution in [0.2, 0.25) is 0 Å². The summed E-state index contributed by atoms with van der Waals surface area (Å²) >= 11 is 0. The summed E-state index contributed by atoms with van der Waals surface area (Å²) in [5.74, 6) is -3.34. The van der Waals surface area contributed by atoms with Crippen molar-refractivity contribution in [3.05, 3.63) is 24.0 Å². The SMILES string of the molecule is CCOC(=O)C(C=Nc1ccc(OC)c(F)c1)C(=O)OCC. The number of methoxy groups -OCH3 is 1. The highest BCUT2D eigenvalue weighted by Gasteiger charge is 2.27. The van der Waals surface area contributed by atoms with Crippen molar-refractivity contribution in [3.8, 4) is 5.75 Å². The van der Waals surface area contributed by atoms with E-state index in [0.717, 1.165) is 12.3 Å². The molecule has 1 aromatic carbocycles. The topological polar surface area (TPSA) is 74.2 Å². The van der Waals surface area contributed by atoms with Crippen LogP contribution in [0.1, 0.15) is 13.8 Å². The Morgan fingerprint density at radius 1 is 1.23 bits per heavy atom. The molecule has 0 aliphatic carbocycles. The number of rotatable bonds is 7. The van der Waals surface area contributed by atoms with E-state index in [4.69, 9.17) is 14.2 Å². The third-order valence-electron chi connectivity index (χ3n) is 2.59. The van der Waals surface area contributed by atoms with Gasteiger partial charge in [-0.3, -0.25) is 14.6 Å². The molecule has 1 aromatic rings. The molecule has 0 bridgehead atoms. The molecule has 0 saturated carbocycles. The molecule has 0 aromatic heterocycles. The number of hydrogen-bond donors (Lipinski definition) is 0. The van der Waals surface area contributed by atoms with E-state index in [0.29, 0.717) is 0 Å². The smallest absolute Gasteiger partial charge is 0.325 e. The molecule has 0 spiro atoms. The van der Waals surface area contributed by atoms with Gasteiger partial charge in [-0.1, -0.05) is 0 Å². The van der Waals surface area contributed by atoms with Crippen molar-refractivity contribution in [1.29, 1.82) is 0 Å². The molecule has 0 saturated heterocycles. The minimum Gasteiger partial charge on any atom is -0.494 e.